The molecule has 0 saturated carbocycles. The van der Waals surface area contributed by atoms with Crippen molar-refractivity contribution in [2.75, 3.05) is 32.7 Å². The van der Waals surface area contributed by atoms with E-state index in [9.17, 15) is 9.59 Å². The number of hydrogen-bond acceptors (Lipinski definition) is 3. The highest BCUT2D eigenvalue weighted by molar-refractivity contribution is 5.84. The van der Waals surface area contributed by atoms with Crippen molar-refractivity contribution in [3.63, 3.8) is 0 Å². The lowest BCUT2D eigenvalue weighted by atomic mass is 9.94. The van der Waals surface area contributed by atoms with Crippen molar-refractivity contribution < 1.29 is 14.7 Å². The van der Waals surface area contributed by atoms with Gasteiger partial charge in [-0.1, -0.05) is 27.7 Å². The smallest absolute Gasteiger partial charge is 0.307 e. The Kier molecular flexibility index (Phi) is 5.79. The molecule has 1 heterocycles. The van der Waals surface area contributed by atoms with Crippen molar-refractivity contribution in [2.24, 2.45) is 17.8 Å². The molecule has 2 atom stereocenters. The predicted octanol–water partition coefficient (Wildman–Crippen LogP) is 1.14. The quantitative estimate of drug-likeness (QED) is 0.814. The third kappa shape index (κ3) is 4.49. The van der Waals surface area contributed by atoms with E-state index in [-0.39, 0.29) is 5.91 Å². The first-order valence-corrected chi connectivity index (χ1v) is 7.06. The second-order valence-corrected chi connectivity index (χ2v) is 5.94. The van der Waals surface area contributed by atoms with Crippen LogP contribution in [0.25, 0.3) is 0 Å². The molecule has 1 aliphatic rings. The summed E-state index contributed by atoms with van der Waals surface area (Å²) in [6.45, 7) is 11.9. The van der Waals surface area contributed by atoms with Crippen molar-refractivity contribution in [1.82, 2.24) is 9.80 Å². The number of carbonyl (C=O) groups excluding carboxylic acids is 1. The second kappa shape index (κ2) is 6.89. The molecule has 0 aromatic heterocycles. The summed E-state index contributed by atoms with van der Waals surface area (Å²) in [5.41, 5.74) is 0. The van der Waals surface area contributed by atoms with Gasteiger partial charge in [0.1, 0.15) is 0 Å². The maximum Gasteiger partial charge on any atom is 0.307 e. The van der Waals surface area contributed by atoms with E-state index in [0.29, 0.717) is 19.0 Å². The van der Waals surface area contributed by atoms with Crippen LogP contribution in [0.1, 0.15) is 27.7 Å². The molecule has 1 N–H and O–H groups in total. The Morgan fingerprint density at radius 1 is 1.00 bits per heavy atom. The zero-order valence-corrected chi connectivity index (χ0v) is 12.4. The summed E-state index contributed by atoms with van der Waals surface area (Å²) in [6.07, 6.45) is 0. The van der Waals surface area contributed by atoms with Gasteiger partial charge in [-0.15, -0.1) is 0 Å². The summed E-state index contributed by atoms with van der Waals surface area (Å²) < 4.78 is 0. The highest BCUT2D eigenvalue weighted by Gasteiger charge is 2.31. The van der Waals surface area contributed by atoms with E-state index in [0.717, 1.165) is 19.6 Å². The molecule has 2 unspecified atom stereocenters. The van der Waals surface area contributed by atoms with Crippen molar-refractivity contribution in [1.29, 1.82) is 0 Å². The van der Waals surface area contributed by atoms with Crippen LogP contribution in [0.15, 0.2) is 0 Å². The van der Waals surface area contributed by atoms with Gasteiger partial charge in [0.15, 0.2) is 0 Å². The SMILES string of the molecule is CC(C)CN1CCN(C(=O)C(C)C(C)C(=O)O)CC1. The number of aliphatic carboxylic acids is 1. The van der Waals surface area contributed by atoms with Crippen LogP contribution in [0, 0.1) is 17.8 Å². The number of carboxylic acids is 1. The van der Waals surface area contributed by atoms with E-state index in [1.807, 2.05) is 0 Å². The lowest BCUT2D eigenvalue weighted by molar-refractivity contribution is -0.149. The average molecular weight is 270 g/mol. The van der Waals surface area contributed by atoms with Crippen molar-refractivity contribution in [3.05, 3.63) is 0 Å². The minimum absolute atomic E-state index is 0.0286. The number of amides is 1. The third-order valence-corrected chi connectivity index (χ3v) is 3.84. The summed E-state index contributed by atoms with van der Waals surface area (Å²) in [6, 6.07) is 0. The fourth-order valence-corrected chi connectivity index (χ4v) is 2.38. The normalized spacial score (nSPS) is 20.4. The number of carboxylic acid groups (broad SMARTS) is 1. The van der Waals surface area contributed by atoms with Crippen LogP contribution in [0.3, 0.4) is 0 Å². The molecule has 0 bridgehead atoms. The monoisotopic (exact) mass is 270 g/mol. The van der Waals surface area contributed by atoms with E-state index >= 15 is 0 Å². The molecule has 5 nitrogen and oxygen atoms in total. The Hall–Kier alpha value is -1.10. The molecule has 1 saturated heterocycles. The minimum atomic E-state index is -0.903. The largest absolute Gasteiger partial charge is 0.481 e. The molecule has 0 radical (unpaired) electrons. The molecule has 0 aliphatic carbocycles. The van der Waals surface area contributed by atoms with Crippen LogP contribution < -0.4 is 0 Å². The average Bonchev–Trinajstić information content (AvgIpc) is 2.36. The molecule has 5 heteroatoms. The topological polar surface area (TPSA) is 60.9 Å². The summed E-state index contributed by atoms with van der Waals surface area (Å²) in [5, 5.41) is 8.96. The van der Waals surface area contributed by atoms with Crippen LogP contribution in [0.2, 0.25) is 0 Å². The second-order valence-electron chi connectivity index (χ2n) is 5.94. The first kappa shape index (κ1) is 16.0. The molecule has 1 amide bonds. The van der Waals surface area contributed by atoms with Gasteiger partial charge in [-0.3, -0.25) is 14.5 Å². The zero-order valence-electron chi connectivity index (χ0n) is 12.4. The van der Waals surface area contributed by atoms with Crippen LogP contribution in [0.5, 0.6) is 0 Å². The third-order valence-electron chi connectivity index (χ3n) is 3.84. The number of nitrogens with zero attached hydrogens (tertiary/aromatic N) is 2. The van der Waals surface area contributed by atoms with Crippen LogP contribution in [-0.4, -0.2) is 59.5 Å². The number of piperazine rings is 1. The molecular weight excluding hydrogens is 244 g/mol. The Morgan fingerprint density at radius 3 is 1.95 bits per heavy atom. The van der Waals surface area contributed by atoms with Gasteiger partial charge in [-0.05, 0) is 5.92 Å². The molecule has 1 rings (SSSR count). The number of rotatable bonds is 5. The maximum absolute atomic E-state index is 12.2. The molecule has 110 valence electrons. The number of carbonyl (C=O) groups is 2. The number of hydrogen-bond donors (Lipinski definition) is 1. The Bertz CT molecular complexity index is 323. The van der Waals surface area contributed by atoms with E-state index in [1.54, 1.807) is 18.7 Å². The van der Waals surface area contributed by atoms with E-state index in [4.69, 9.17) is 5.11 Å². The van der Waals surface area contributed by atoms with Crippen molar-refractivity contribution >= 4 is 11.9 Å². The summed E-state index contributed by atoms with van der Waals surface area (Å²) in [4.78, 5) is 27.3. The molecule has 0 aromatic rings. The summed E-state index contributed by atoms with van der Waals surface area (Å²) >= 11 is 0. The minimum Gasteiger partial charge on any atom is -0.481 e. The maximum atomic E-state index is 12.2. The van der Waals surface area contributed by atoms with E-state index in [2.05, 4.69) is 18.7 Å². The van der Waals surface area contributed by atoms with E-state index in [1.165, 1.54) is 0 Å². The molecular formula is C14H26N2O3. The fourth-order valence-electron chi connectivity index (χ4n) is 2.38. The van der Waals surface area contributed by atoms with Gasteiger partial charge >= 0.3 is 5.97 Å². The highest BCUT2D eigenvalue weighted by Crippen LogP contribution is 2.16. The molecule has 0 aromatic carbocycles. The first-order chi connectivity index (χ1) is 8.82. The Morgan fingerprint density at radius 2 is 1.53 bits per heavy atom. The van der Waals surface area contributed by atoms with Gasteiger partial charge in [-0.25, -0.2) is 0 Å². The van der Waals surface area contributed by atoms with Crippen LogP contribution in [0.4, 0.5) is 0 Å². The van der Waals surface area contributed by atoms with Crippen LogP contribution >= 0.6 is 0 Å². The van der Waals surface area contributed by atoms with Crippen LogP contribution in [-0.2, 0) is 9.59 Å². The van der Waals surface area contributed by atoms with Gasteiger partial charge in [0.2, 0.25) is 5.91 Å². The Balaban J connectivity index is 2.46. The molecule has 1 aliphatic heterocycles. The summed E-state index contributed by atoms with van der Waals surface area (Å²) in [5.74, 6) is -1.37. The van der Waals surface area contributed by atoms with Gasteiger partial charge in [0.05, 0.1) is 5.92 Å². The lowest BCUT2D eigenvalue weighted by Gasteiger charge is -2.37. The Labute approximate surface area is 115 Å². The molecule has 0 spiro atoms. The van der Waals surface area contributed by atoms with Gasteiger partial charge in [0, 0.05) is 38.6 Å². The van der Waals surface area contributed by atoms with Gasteiger partial charge in [-0.2, -0.15) is 0 Å². The molecule has 1 fully saturated rings. The fraction of sp³-hybridized carbons (Fsp3) is 0.857. The zero-order chi connectivity index (χ0) is 14.6. The highest BCUT2D eigenvalue weighted by atomic mass is 16.4. The van der Waals surface area contributed by atoms with Crippen molar-refractivity contribution in [2.45, 2.75) is 27.7 Å². The standard InChI is InChI=1S/C14H26N2O3/c1-10(2)9-15-5-7-16(8-6-15)13(17)11(3)12(4)14(18)19/h10-12H,5-9H2,1-4H3,(H,18,19). The summed E-state index contributed by atoms with van der Waals surface area (Å²) in [7, 11) is 0. The lowest BCUT2D eigenvalue weighted by Crippen LogP contribution is -2.51. The van der Waals surface area contributed by atoms with Crippen molar-refractivity contribution in [3.8, 4) is 0 Å². The predicted molar refractivity (Wildman–Crippen MR) is 73.8 cm³/mol. The molecule has 19 heavy (non-hydrogen) atoms. The van der Waals surface area contributed by atoms with Gasteiger partial charge in [0.25, 0.3) is 0 Å². The first-order valence-electron chi connectivity index (χ1n) is 7.06. The van der Waals surface area contributed by atoms with Gasteiger partial charge < -0.3 is 10.0 Å². The van der Waals surface area contributed by atoms with E-state index < -0.39 is 17.8 Å².